The van der Waals surface area contributed by atoms with Crippen LogP contribution in [0.3, 0.4) is 0 Å². The van der Waals surface area contributed by atoms with E-state index in [9.17, 15) is 4.79 Å². The summed E-state index contributed by atoms with van der Waals surface area (Å²) in [5.74, 6) is 0.776. The summed E-state index contributed by atoms with van der Waals surface area (Å²) in [6.45, 7) is 0. The normalized spacial score (nSPS) is 19.6. The molecule has 1 heterocycles. The number of hydrogen-bond donors (Lipinski definition) is 1. The van der Waals surface area contributed by atoms with Crippen LogP contribution >= 0.6 is 11.6 Å². The van der Waals surface area contributed by atoms with Crippen LogP contribution < -0.4 is 10.1 Å². The molecule has 90 valence electrons. The molecular weight excluding hydrogens is 238 g/mol. The van der Waals surface area contributed by atoms with Crippen molar-refractivity contribution in [2.45, 2.75) is 18.9 Å². The number of carbonyl (C=O) groups is 1. The molecule has 0 spiro atoms. The molecule has 0 saturated carbocycles. The van der Waals surface area contributed by atoms with E-state index in [-0.39, 0.29) is 11.9 Å². The fraction of sp³-hybridized carbons (Fsp3) is 0.308. The average Bonchev–Trinajstić information content (AvgIpc) is 2.74. The van der Waals surface area contributed by atoms with E-state index in [0.29, 0.717) is 17.2 Å². The van der Waals surface area contributed by atoms with Gasteiger partial charge in [0.1, 0.15) is 5.75 Å². The van der Waals surface area contributed by atoms with Crippen molar-refractivity contribution >= 4 is 23.6 Å². The number of amides is 1. The van der Waals surface area contributed by atoms with Crippen LogP contribution in [-0.2, 0) is 4.79 Å². The summed E-state index contributed by atoms with van der Waals surface area (Å²) >= 11 is 5.94. The number of rotatable bonds is 3. The van der Waals surface area contributed by atoms with Crippen molar-refractivity contribution < 1.29 is 9.53 Å². The lowest BCUT2D eigenvalue weighted by molar-refractivity contribution is -0.119. The number of methoxy groups -OCH3 is 1. The van der Waals surface area contributed by atoms with Crippen molar-refractivity contribution in [2.24, 2.45) is 0 Å². The Morgan fingerprint density at radius 2 is 2.35 bits per heavy atom. The predicted molar refractivity (Wildman–Crippen MR) is 68.2 cm³/mol. The first kappa shape index (κ1) is 12.0. The van der Waals surface area contributed by atoms with E-state index in [1.807, 2.05) is 24.3 Å². The molecule has 0 aromatic heterocycles. The maximum Gasteiger partial charge on any atom is 0.220 e. The van der Waals surface area contributed by atoms with Gasteiger partial charge in [0.15, 0.2) is 0 Å². The minimum absolute atomic E-state index is 0.119. The monoisotopic (exact) mass is 251 g/mol. The van der Waals surface area contributed by atoms with Crippen molar-refractivity contribution in [2.75, 3.05) is 7.11 Å². The number of carbonyl (C=O) groups excluding carboxylic acids is 1. The number of benzene rings is 1. The van der Waals surface area contributed by atoms with Gasteiger partial charge in [0.2, 0.25) is 5.91 Å². The van der Waals surface area contributed by atoms with Crippen molar-refractivity contribution in [1.29, 1.82) is 0 Å². The van der Waals surface area contributed by atoms with E-state index in [1.165, 1.54) is 0 Å². The Kier molecular flexibility index (Phi) is 3.69. The molecule has 1 aliphatic rings. The van der Waals surface area contributed by atoms with E-state index >= 15 is 0 Å². The van der Waals surface area contributed by atoms with Gasteiger partial charge in [0.05, 0.1) is 12.1 Å². The van der Waals surface area contributed by atoms with Gasteiger partial charge in [-0.2, -0.15) is 0 Å². The second kappa shape index (κ2) is 5.23. The second-order valence-corrected chi connectivity index (χ2v) is 4.37. The molecule has 1 aromatic rings. The van der Waals surface area contributed by atoms with Crippen LogP contribution in [0.2, 0.25) is 5.02 Å². The third-order valence-electron chi connectivity index (χ3n) is 2.72. The highest BCUT2D eigenvalue weighted by Crippen LogP contribution is 2.25. The number of hydrogen-bond acceptors (Lipinski definition) is 2. The lowest BCUT2D eigenvalue weighted by Gasteiger charge is -2.05. The maximum atomic E-state index is 11.0. The van der Waals surface area contributed by atoms with E-state index < -0.39 is 0 Å². The highest BCUT2D eigenvalue weighted by Gasteiger charge is 2.17. The molecule has 17 heavy (non-hydrogen) atoms. The van der Waals surface area contributed by atoms with Crippen molar-refractivity contribution in [1.82, 2.24) is 5.32 Å². The van der Waals surface area contributed by atoms with Crippen molar-refractivity contribution in [3.8, 4) is 5.75 Å². The van der Waals surface area contributed by atoms with Crippen LogP contribution in [0.15, 0.2) is 24.3 Å². The van der Waals surface area contributed by atoms with Crippen LogP contribution in [-0.4, -0.2) is 19.1 Å². The zero-order valence-corrected chi connectivity index (χ0v) is 10.3. The molecule has 1 saturated heterocycles. The SMILES string of the molecule is COc1cc(/C=C/[C@H]2CCC(=O)N2)ccc1Cl. The lowest BCUT2D eigenvalue weighted by Crippen LogP contribution is -2.22. The standard InChI is InChI=1S/C13H14ClNO2/c1-17-12-8-9(3-6-11(12)14)2-4-10-5-7-13(16)15-10/h2-4,6,8,10H,5,7H2,1H3,(H,15,16)/b4-2+/t10-/m0/s1. The highest BCUT2D eigenvalue weighted by molar-refractivity contribution is 6.32. The second-order valence-electron chi connectivity index (χ2n) is 3.97. The number of halogens is 1. The first-order valence-corrected chi connectivity index (χ1v) is 5.88. The molecule has 1 amide bonds. The van der Waals surface area contributed by atoms with Crippen LogP contribution in [0.1, 0.15) is 18.4 Å². The fourth-order valence-corrected chi connectivity index (χ4v) is 1.98. The maximum absolute atomic E-state index is 11.0. The van der Waals surface area contributed by atoms with Crippen molar-refractivity contribution in [3.63, 3.8) is 0 Å². The summed E-state index contributed by atoms with van der Waals surface area (Å²) in [7, 11) is 1.59. The molecule has 4 heteroatoms. The van der Waals surface area contributed by atoms with Gasteiger partial charge >= 0.3 is 0 Å². The summed E-state index contributed by atoms with van der Waals surface area (Å²) in [6.07, 6.45) is 5.43. The Balaban J connectivity index is 2.08. The Labute approximate surface area is 105 Å². The molecule has 0 bridgehead atoms. The van der Waals surface area contributed by atoms with E-state index in [1.54, 1.807) is 13.2 Å². The van der Waals surface area contributed by atoms with Gasteiger partial charge in [-0.25, -0.2) is 0 Å². The fourth-order valence-electron chi connectivity index (χ4n) is 1.79. The summed E-state index contributed by atoms with van der Waals surface area (Å²) < 4.78 is 5.14. The first-order valence-electron chi connectivity index (χ1n) is 5.50. The molecule has 3 nitrogen and oxygen atoms in total. The van der Waals surface area contributed by atoms with Gasteiger partial charge in [0, 0.05) is 12.5 Å². The molecule has 1 fully saturated rings. The molecular formula is C13H14ClNO2. The Morgan fingerprint density at radius 3 is 3.00 bits per heavy atom. The molecule has 1 aliphatic heterocycles. The van der Waals surface area contributed by atoms with Gasteiger partial charge in [-0.1, -0.05) is 29.8 Å². The predicted octanol–water partition coefficient (Wildman–Crippen LogP) is 2.64. The van der Waals surface area contributed by atoms with Crippen LogP contribution in [0, 0.1) is 0 Å². The zero-order valence-electron chi connectivity index (χ0n) is 9.57. The third-order valence-corrected chi connectivity index (χ3v) is 3.04. The highest BCUT2D eigenvalue weighted by atomic mass is 35.5. The minimum Gasteiger partial charge on any atom is -0.495 e. The first-order chi connectivity index (χ1) is 8.19. The van der Waals surface area contributed by atoms with E-state index in [4.69, 9.17) is 16.3 Å². The molecule has 1 N–H and O–H groups in total. The number of nitrogens with one attached hydrogen (secondary N) is 1. The van der Waals surface area contributed by atoms with Crippen molar-refractivity contribution in [3.05, 3.63) is 34.9 Å². The smallest absolute Gasteiger partial charge is 0.220 e. The van der Waals surface area contributed by atoms with Crippen LogP contribution in [0.5, 0.6) is 5.75 Å². The largest absolute Gasteiger partial charge is 0.495 e. The Morgan fingerprint density at radius 1 is 1.53 bits per heavy atom. The topological polar surface area (TPSA) is 38.3 Å². The van der Waals surface area contributed by atoms with E-state index in [2.05, 4.69) is 5.32 Å². The summed E-state index contributed by atoms with van der Waals surface area (Å²) in [6, 6.07) is 5.73. The summed E-state index contributed by atoms with van der Waals surface area (Å²) in [5.41, 5.74) is 1.01. The average molecular weight is 252 g/mol. The number of ether oxygens (including phenoxy) is 1. The van der Waals surface area contributed by atoms with Gasteiger partial charge in [-0.15, -0.1) is 0 Å². The molecule has 1 atom stereocenters. The summed E-state index contributed by atoms with van der Waals surface area (Å²) in [5, 5.41) is 3.48. The molecule has 0 aliphatic carbocycles. The lowest BCUT2D eigenvalue weighted by atomic mass is 10.1. The zero-order chi connectivity index (χ0) is 12.3. The van der Waals surface area contributed by atoms with Crippen LogP contribution in [0.4, 0.5) is 0 Å². The Hall–Kier alpha value is -1.48. The van der Waals surface area contributed by atoms with Crippen LogP contribution in [0.25, 0.3) is 6.08 Å². The molecule has 1 aromatic carbocycles. The Bertz CT molecular complexity index is 457. The third kappa shape index (κ3) is 3.01. The molecule has 0 radical (unpaired) electrons. The van der Waals surface area contributed by atoms with Gasteiger partial charge < -0.3 is 10.1 Å². The van der Waals surface area contributed by atoms with E-state index in [0.717, 1.165) is 12.0 Å². The molecule has 2 rings (SSSR count). The van der Waals surface area contributed by atoms with Gasteiger partial charge in [-0.3, -0.25) is 4.79 Å². The van der Waals surface area contributed by atoms with Gasteiger partial charge in [-0.05, 0) is 24.1 Å². The quantitative estimate of drug-likeness (QED) is 0.897. The minimum atomic E-state index is 0.119. The van der Waals surface area contributed by atoms with Gasteiger partial charge in [0.25, 0.3) is 0 Å². The summed E-state index contributed by atoms with van der Waals surface area (Å²) in [4.78, 5) is 11.0. The molecule has 0 unspecified atom stereocenters.